The molecule has 2 aromatic heterocycles. The predicted molar refractivity (Wildman–Crippen MR) is 123 cm³/mol. The monoisotopic (exact) mass is 417 g/mol. The molecule has 3 N–H and O–H groups in total. The van der Waals surface area contributed by atoms with Gasteiger partial charge in [-0.3, -0.25) is 9.59 Å². The van der Waals surface area contributed by atoms with E-state index >= 15 is 0 Å². The molecule has 0 unspecified atom stereocenters. The summed E-state index contributed by atoms with van der Waals surface area (Å²) < 4.78 is 0. The molecule has 1 atom stereocenters. The highest BCUT2D eigenvalue weighted by molar-refractivity contribution is 6.07. The number of nitrogens with one attached hydrogen (secondary N) is 3. The van der Waals surface area contributed by atoms with E-state index in [1.54, 1.807) is 25.2 Å². The van der Waals surface area contributed by atoms with Gasteiger partial charge >= 0.3 is 0 Å². The van der Waals surface area contributed by atoms with Crippen LogP contribution in [-0.2, 0) is 11.2 Å². The molecule has 0 saturated carbocycles. The van der Waals surface area contributed by atoms with Crippen LogP contribution in [-0.4, -0.2) is 46.7 Å². The zero-order valence-electron chi connectivity index (χ0n) is 18.0. The van der Waals surface area contributed by atoms with Crippen LogP contribution >= 0.6 is 0 Å². The van der Waals surface area contributed by atoms with E-state index in [-0.39, 0.29) is 11.7 Å². The van der Waals surface area contributed by atoms with E-state index in [1.165, 1.54) is 0 Å². The maximum Gasteiger partial charge on any atom is 0.244 e. The van der Waals surface area contributed by atoms with E-state index in [1.807, 2.05) is 49.4 Å². The quantitative estimate of drug-likeness (QED) is 0.558. The van der Waals surface area contributed by atoms with Gasteiger partial charge < -0.3 is 20.5 Å². The van der Waals surface area contributed by atoms with E-state index in [0.717, 1.165) is 46.7 Å². The van der Waals surface area contributed by atoms with Gasteiger partial charge in [0.25, 0.3) is 0 Å². The minimum absolute atomic E-state index is 0.0282. The second-order valence-corrected chi connectivity index (χ2v) is 8.02. The number of aromatic amines is 1. The zero-order chi connectivity index (χ0) is 22.0. The Morgan fingerprint density at radius 1 is 1.16 bits per heavy atom. The number of pyridine rings is 1. The van der Waals surface area contributed by atoms with Gasteiger partial charge in [-0.2, -0.15) is 0 Å². The van der Waals surface area contributed by atoms with Crippen molar-refractivity contribution in [3.8, 4) is 11.3 Å². The lowest BCUT2D eigenvalue weighted by atomic mass is 9.95. The summed E-state index contributed by atoms with van der Waals surface area (Å²) in [5.74, 6) is 0.726. The van der Waals surface area contributed by atoms with E-state index in [9.17, 15) is 9.59 Å². The second-order valence-electron chi connectivity index (χ2n) is 8.02. The number of aryl methyl sites for hydroxylation is 1. The minimum Gasteiger partial charge on any atom is -0.359 e. The molecule has 3 aromatic rings. The average Bonchev–Trinajstić information content (AvgIpc) is 3.13. The number of carbonyl (C=O) groups excluding carboxylic acids is 2. The van der Waals surface area contributed by atoms with Crippen molar-refractivity contribution >= 4 is 28.9 Å². The molecule has 7 nitrogen and oxygen atoms in total. The van der Waals surface area contributed by atoms with Crippen LogP contribution in [0.3, 0.4) is 0 Å². The molecule has 0 bridgehead atoms. The van der Waals surface area contributed by atoms with E-state index in [0.29, 0.717) is 12.2 Å². The van der Waals surface area contributed by atoms with Crippen LogP contribution in [0.5, 0.6) is 0 Å². The third-order valence-electron chi connectivity index (χ3n) is 5.45. The fourth-order valence-electron chi connectivity index (χ4n) is 3.94. The number of nitrogens with zero attached hydrogens (tertiary/aromatic N) is 2. The Morgan fingerprint density at radius 3 is 2.68 bits per heavy atom. The first-order valence-corrected chi connectivity index (χ1v) is 10.5. The Balaban J connectivity index is 1.72. The largest absolute Gasteiger partial charge is 0.359 e. The molecule has 0 radical (unpaired) electrons. The SMILES string of the molecule is C[C@H](Nc1cc(-c2[nH]c3c(c2Nc2ccccc2)C(=O)CCC3)ccn1)C(=O)N(C)C. The Kier molecular flexibility index (Phi) is 5.75. The molecular weight excluding hydrogens is 390 g/mol. The van der Waals surface area contributed by atoms with Crippen molar-refractivity contribution in [2.24, 2.45) is 0 Å². The summed E-state index contributed by atoms with van der Waals surface area (Å²) in [6.45, 7) is 1.81. The fourth-order valence-corrected chi connectivity index (χ4v) is 3.94. The van der Waals surface area contributed by atoms with Crippen LogP contribution < -0.4 is 10.6 Å². The fraction of sp³-hybridized carbons (Fsp3) is 0.292. The first-order chi connectivity index (χ1) is 14.9. The van der Waals surface area contributed by atoms with E-state index < -0.39 is 6.04 Å². The first kappa shape index (κ1) is 20.7. The summed E-state index contributed by atoms with van der Waals surface area (Å²) in [6, 6.07) is 13.2. The van der Waals surface area contributed by atoms with Crippen molar-refractivity contribution in [2.75, 3.05) is 24.7 Å². The smallest absolute Gasteiger partial charge is 0.244 e. The van der Waals surface area contributed by atoms with Gasteiger partial charge in [-0.1, -0.05) is 18.2 Å². The van der Waals surface area contributed by atoms with Crippen LogP contribution in [0, 0.1) is 0 Å². The van der Waals surface area contributed by atoms with E-state index in [2.05, 4.69) is 20.6 Å². The molecule has 2 heterocycles. The number of rotatable bonds is 6. The number of benzene rings is 1. The highest BCUT2D eigenvalue weighted by Gasteiger charge is 2.27. The molecule has 160 valence electrons. The normalized spacial score (nSPS) is 14.0. The van der Waals surface area contributed by atoms with Gasteiger partial charge in [0.1, 0.15) is 11.9 Å². The van der Waals surface area contributed by atoms with Crippen LogP contribution in [0.25, 0.3) is 11.3 Å². The Labute approximate surface area is 181 Å². The van der Waals surface area contributed by atoms with Gasteiger partial charge in [0.05, 0.1) is 16.9 Å². The number of hydrogen-bond donors (Lipinski definition) is 3. The number of fused-ring (bicyclic) bond motifs is 1. The van der Waals surface area contributed by atoms with Gasteiger partial charge in [-0.15, -0.1) is 0 Å². The number of hydrogen-bond acceptors (Lipinski definition) is 5. The van der Waals surface area contributed by atoms with Gasteiger partial charge in [-0.25, -0.2) is 4.98 Å². The molecule has 0 saturated heterocycles. The van der Waals surface area contributed by atoms with Crippen molar-refractivity contribution in [1.29, 1.82) is 0 Å². The summed E-state index contributed by atoms with van der Waals surface area (Å²) in [5, 5.41) is 6.62. The van der Waals surface area contributed by atoms with Gasteiger partial charge in [0, 0.05) is 43.7 Å². The first-order valence-electron chi connectivity index (χ1n) is 10.5. The van der Waals surface area contributed by atoms with E-state index in [4.69, 9.17) is 0 Å². The summed E-state index contributed by atoms with van der Waals surface area (Å²) >= 11 is 0. The standard InChI is InChI=1S/C24H27N5O2/c1-15(24(31)29(2)3)26-20-14-16(12-13-25-20)22-23(27-17-8-5-4-6-9-17)21-18(28-22)10-7-11-19(21)30/h4-6,8-9,12-15,27-28H,7,10-11H2,1-3H3,(H,25,26)/t15-/m0/s1. The van der Waals surface area contributed by atoms with Crippen molar-refractivity contribution in [3.63, 3.8) is 0 Å². The van der Waals surface area contributed by atoms with Crippen LogP contribution in [0.1, 0.15) is 35.8 Å². The molecule has 0 spiro atoms. The molecule has 4 rings (SSSR count). The number of aromatic nitrogens is 2. The molecule has 1 aliphatic carbocycles. The number of carbonyl (C=O) groups is 2. The number of amides is 1. The Morgan fingerprint density at radius 2 is 1.94 bits per heavy atom. The van der Waals surface area contributed by atoms with Crippen molar-refractivity contribution in [2.45, 2.75) is 32.2 Å². The second kappa shape index (κ2) is 8.63. The van der Waals surface area contributed by atoms with Crippen molar-refractivity contribution < 1.29 is 9.59 Å². The maximum atomic E-state index is 12.8. The number of anilines is 3. The van der Waals surface area contributed by atoms with Crippen molar-refractivity contribution in [3.05, 3.63) is 59.9 Å². The number of Topliss-reactive ketones (excluding diaryl/α,β-unsaturated/α-hetero) is 1. The van der Waals surface area contributed by atoms with Crippen LogP contribution in [0.2, 0.25) is 0 Å². The molecule has 0 fully saturated rings. The summed E-state index contributed by atoms with van der Waals surface area (Å²) in [4.78, 5) is 34.4. The number of ketones is 1. The topological polar surface area (TPSA) is 90.1 Å². The maximum absolute atomic E-state index is 12.8. The molecule has 1 aromatic carbocycles. The summed E-state index contributed by atoms with van der Waals surface area (Å²) in [5.41, 5.74) is 5.16. The lowest BCUT2D eigenvalue weighted by Gasteiger charge is -2.18. The molecule has 1 amide bonds. The average molecular weight is 418 g/mol. The molecule has 0 aliphatic heterocycles. The number of para-hydroxylation sites is 1. The number of likely N-dealkylation sites (N-methyl/N-ethyl adjacent to an activating group) is 1. The van der Waals surface area contributed by atoms with Gasteiger partial charge in [-0.05, 0) is 44.0 Å². The van der Waals surface area contributed by atoms with Crippen LogP contribution in [0.15, 0.2) is 48.7 Å². The molecule has 31 heavy (non-hydrogen) atoms. The molecular formula is C24H27N5O2. The lowest BCUT2D eigenvalue weighted by Crippen LogP contribution is -2.36. The highest BCUT2D eigenvalue weighted by Crippen LogP contribution is 2.39. The Hall–Kier alpha value is -3.61. The van der Waals surface area contributed by atoms with Crippen LogP contribution in [0.4, 0.5) is 17.2 Å². The summed E-state index contributed by atoms with van der Waals surface area (Å²) in [7, 11) is 3.46. The Bertz CT molecular complexity index is 1100. The zero-order valence-corrected chi connectivity index (χ0v) is 18.0. The third-order valence-corrected chi connectivity index (χ3v) is 5.45. The van der Waals surface area contributed by atoms with Gasteiger partial charge in [0.2, 0.25) is 5.91 Å². The van der Waals surface area contributed by atoms with Gasteiger partial charge in [0.15, 0.2) is 5.78 Å². The molecule has 7 heteroatoms. The highest BCUT2D eigenvalue weighted by atomic mass is 16.2. The predicted octanol–water partition coefficient (Wildman–Crippen LogP) is 4.23. The minimum atomic E-state index is -0.405. The third kappa shape index (κ3) is 4.30. The molecule has 1 aliphatic rings. The van der Waals surface area contributed by atoms with Crippen molar-refractivity contribution in [1.82, 2.24) is 14.9 Å². The lowest BCUT2D eigenvalue weighted by molar-refractivity contribution is -0.129. The summed E-state index contributed by atoms with van der Waals surface area (Å²) in [6.07, 6.45) is 3.96. The number of H-pyrrole nitrogens is 1.